The topological polar surface area (TPSA) is 55.8 Å². The van der Waals surface area contributed by atoms with Crippen molar-refractivity contribution in [3.63, 3.8) is 0 Å². The summed E-state index contributed by atoms with van der Waals surface area (Å²) in [6.45, 7) is 3.17. The highest BCUT2D eigenvalue weighted by Gasteiger charge is 2.67. The van der Waals surface area contributed by atoms with E-state index in [0.29, 0.717) is 19.2 Å². The molecule has 2 saturated heterocycles. The number of amides is 1. The predicted molar refractivity (Wildman–Crippen MR) is 92.8 cm³/mol. The minimum atomic E-state index is -0.591. The number of carbonyl (C=O) groups is 2. The average molecular weight is 347 g/mol. The van der Waals surface area contributed by atoms with Crippen LogP contribution in [0.4, 0.5) is 0 Å². The van der Waals surface area contributed by atoms with Gasteiger partial charge >= 0.3 is 5.97 Å². The van der Waals surface area contributed by atoms with Crippen LogP contribution in [0.15, 0.2) is 12.2 Å². The van der Waals surface area contributed by atoms with Crippen LogP contribution in [0.2, 0.25) is 0 Å². The highest BCUT2D eigenvalue weighted by Crippen LogP contribution is 2.53. The zero-order valence-electron chi connectivity index (χ0n) is 15.1. The number of nitrogens with zero attached hydrogens (tertiary/aromatic N) is 1. The van der Waals surface area contributed by atoms with E-state index in [9.17, 15) is 9.59 Å². The third-order valence-electron chi connectivity index (χ3n) is 6.41. The van der Waals surface area contributed by atoms with E-state index in [1.165, 1.54) is 19.3 Å². The molecule has 138 valence electrons. The first kappa shape index (κ1) is 17.1. The molecule has 3 fully saturated rings. The normalized spacial score (nSPS) is 36.9. The Morgan fingerprint density at radius 2 is 2.12 bits per heavy atom. The van der Waals surface area contributed by atoms with Crippen molar-refractivity contribution in [1.29, 1.82) is 0 Å². The average Bonchev–Trinajstić information content (AvgIpc) is 3.28. The minimum Gasteiger partial charge on any atom is -0.465 e. The van der Waals surface area contributed by atoms with E-state index in [1.54, 1.807) is 0 Å². The molecule has 3 aliphatic heterocycles. The fraction of sp³-hybridized carbons (Fsp3) is 0.800. The molecule has 1 amide bonds. The molecule has 0 unspecified atom stereocenters. The Labute approximate surface area is 149 Å². The van der Waals surface area contributed by atoms with E-state index >= 15 is 0 Å². The lowest BCUT2D eigenvalue weighted by molar-refractivity contribution is -0.154. The van der Waals surface area contributed by atoms with Gasteiger partial charge in [-0.2, -0.15) is 0 Å². The first-order valence-corrected chi connectivity index (χ1v) is 10.0. The maximum Gasteiger partial charge on any atom is 0.312 e. The fourth-order valence-electron chi connectivity index (χ4n) is 5.12. The van der Waals surface area contributed by atoms with Gasteiger partial charge in [0.15, 0.2) is 0 Å². The Balaban J connectivity index is 1.47. The number of carbonyl (C=O) groups excluding carboxylic acids is 2. The van der Waals surface area contributed by atoms with E-state index in [4.69, 9.17) is 9.47 Å². The standard InChI is InChI=1S/C20H29NO4/c1-2-3-7-12-24-19(23)16-15-10-11-20(25-15)13-21(18(22)17(16)20)14-8-5-4-6-9-14/h10-11,14-17H,2-9,12-13H2,1H3/t15-,16-,17+,20-/m1/s1. The minimum absolute atomic E-state index is 0.106. The van der Waals surface area contributed by atoms with Crippen LogP contribution in [0.25, 0.3) is 0 Å². The van der Waals surface area contributed by atoms with Crippen LogP contribution in [0.5, 0.6) is 0 Å². The van der Waals surface area contributed by atoms with Crippen molar-refractivity contribution in [2.24, 2.45) is 11.8 Å². The summed E-state index contributed by atoms with van der Waals surface area (Å²) < 4.78 is 11.7. The molecule has 25 heavy (non-hydrogen) atoms. The molecule has 4 atom stereocenters. The highest BCUT2D eigenvalue weighted by molar-refractivity contribution is 5.91. The number of hydrogen-bond acceptors (Lipinski definition) is 4. The van der Waals surface area contributed by atoms with Gasteiger partial charge in [0.2, 0.25) is 5.91 Å². The molecule has 3 heterocycles. The maximum atomic E-state index is 13.2. The maximum absolute atomic E-state index is 13.2. The van der Waals surface area contributed by atoms with E-state index in [2.05, 4.69) is 6.92 Å². The van der Waals surface area contributed by atoms with Gasteiger partial charge in [-0.25, -0.2) is 0 Å². The van der Waals surface area contributed by atoms with E-state index in [0.717, 1.165) is 32.1 Å². The van der Waals surface area contributed by atoms with Crippen molar-refractivity contribution in [1.82, 2.24) is 4.90 Å². The van der Waals surface area contributed by atoms with Crippen LogP contribution in [-0.2, 0) is 19.1 Å². The van der Waals surface area contributed by atoms with Crippen LogP contribution >= 0.6 is 0 Å². The molecule has 5 nitrogen and oxygen atoms in total. The fourth-order valence-corrected chi connectivity index (χ4v) is 5.12. The Bertz CT molecular complexity index is 568. The van der Waals surface area contributed by atoms with Gasteiger partial charge in [-0.15, -0.1) is 0 Å². The summed E-state index contributed by atoms with van der Waals surface area (Å²) in [4.78, 5) is 27.8. The number of ether oxygens (including phenoxy) is 2. The zero-order chi connectivity index (χ0) is 17.4. The molecule has 0 radical (unpaired) electrons. The molecule has 1 aliphatic carbocycles. The number of hydrogen-bond donors (Lipinski definition) is 0. The van der Waals surface area contributed by atoms with Gasteiger partial charge in [0.05, 0.1) is 25.2 Å². The van der Waals surface area contributed by atoms with Crippen molar-refractivity contribution in [2.75, 3.05) is 13.2 Å². The Morgan fingerprint density at radius 1 is 1.32 bits per heavy atom. The number of likely N-dealkylation sites (tertiary alicyclic amines) is 1. The van der Waals surface area contributed by atoms with Crippen LogP contribution in [0.3, 0.4) is 0 Å². The molecular weight excluding hydrogens is 318 g/mol. The summed E-state index contributed by atoms with van der Waals surface area (Å²) in [7, 11) is 0. The van der Waals surface area contributed by atoms with Crippen LogP contribution in [0.1, 0.15) is 58.3 Å². The van der Waals surface area contributed by atoms with Gasteiger partial charge < -0.3 is 14.4 Å². The Hall–Kier alpha value is -1.36. The highest BCUT2D eigenvalue weighted by atomic mass is 16.6. The monoisotopic (exact) mass is 347 g/mol. The van der Waals surface area contributed by atoms with Crippen LogP contribution in [-0.4, -0.2) is 47.7 Å². The SMILES string of the molecule is CCCCCOC(=O)[C@H]1[C@H]2C(=O)N(C3CCCCC3)C[C@]23C=C[C@H]1O3. The first-order valence-electron chi connectivity index (χ1n) is 10.0. The molecule has 2 bridgehead atoms. The second kappa shape index (κ2) is 6.75. The van der Waals surface area contributed by atoms with Crippen molar-refractivity contribution < 1.29 is 19.1 Å². The van der Waals surface area contributed by atoms with Crippen LogP contribution in [0, 0.1) is 11.8 Å². The largest absolute Gasteiger partial charge is 0.465 e. The molecule has 0 aromatic rings. The molecule has 0 aromatic heterocycles. The smallest absolute Gasteiger partial charge is 0.312 e. The Kier molecular flexibility index (Phi) is 4.61. The van der Waals surface area contributed by atoms with Crippen molar-refractivity contribution in [3.05, 3.63) is 12.2 Å². The quantitative estimate of drug-likeness (QED) is 0.421. The van der Waals surface area contributed by atoms with Crippen molar-refractivity contribution >= 4 is 11.9 Å². The van der Waals surface area contributed by atoms with Crippen molar-refractivity contribution in [2.45, 2.75) is 76.0 Å². The van der Waals surface area contributed by atoms with Gasteiger partial charge in [-0.3, -0.25) is 9.59 Å². The molecule has 1 saturated carbocycles. The van der Waals surface area contributed by atoms with E-state index < -0.39 is 11.5 Å². The molecule has 1 spiro atoms. The van der Waals surface area contributed by atoms with E-state index in [-0.39, 0.29) is 23.9 Å². The predicted octanol–water partition coefficient (Wildman–Crippen LogP) is 2.83. The summed E-state index contributed by atoms with van der Waals surface area (Å²) in [6.07, 6.45) is 12.5. The third-order valence-corrected chi connectivity index (χ3v) is 6.41. The van der Waals surface area contributed by atoms with Gasteiger partial charge in [-0.05, 0) is 19.3 Å². The molecule has 0 N–H and O–H groups in total. The second-order valence-corrected chi connectivity index (χ2v) is 8.03. The molecule has 4 rings (SSSR count). The van der Waals surface area contributed by atoms with Gasteiger partial charge in [-0.1, -0.05) is 51.2 Å². The summed E-state index contributed by atoms with van der Waals surface area (Å²) in [5.41, 5.74) is -0.591. The van der Waals surface area contributed by atoms with Gasteiger partial charge in [0.25, 0.3) is 0 Å². The third kappa shape index (κ3) is 2.80. The summed E-state index contributed by atoms with van der Waals surface area (Å²) in [5, 5.41) is 0. The first-order chi connectivity index (χ1) is 12.2. The summed E-state index contributed by atoms with van der Waals surface area (Å²) >= 11 is 0. The lowest BCUT2D eigenvalue weighted by Crippen LogP contribution is -2.42. The van der Waals surface area contributed by atoms with E-state index in [1.807, 2.05) is 17.1 Å². The number of rotatable bonds is 6. The molecule has 5 heteroatoms. The number of esters is 1. The van der Waals surface area contributed by atoms with Gasteiger partial charge in [0.1, 0.15) is 11.5 Å². The molecular formula is C20H29NO4. The van der Waals surface area contributed by atoms with Crippen LogP contribution < -0.4 is 0 Å². The lowest BCUT2D eigenvalue weighted by atomic mass is 9.77. The van der Waals surface area contributed by atoms with Crippen molar-refractivity contribution in [3.8, 4) is 0 Å². The lowest BCUT2D eigenvalue weighted by Gasteiger charge is -2.32. The molecule has 4 aliphatic rings. The summed E-state index contributed by atoms with van der Waals surface area (Å²) in [6, 6.07) is 0.318. The number of unbranched alkanes of at least 4 members (excludes halogenated alkanes) is 2. The second-order valence-electron chi connectivity index (χ2n) is 8.03. The number of fused-ring (bicyclic) bond motifs is 1. The molecule has 0 aromatic carbocycles. The summed E-state index contributed by atoms with van der Waals surface area (Å²) in [5.74, 6) is -0.999. The zero-order valence-corrected chi connectivity index (χ0v) is 15.1. The Morgan fingerprint density at radius 3 is 2.88 bits per heavy atom. The van der Waals surface area contributed by atoms with Gasteiger partial charge in [0, 0.05) is 6.04 Å².